The minimum Gasteiger partial charge on any atom is -0.467 e. The van der Waals surface area contributed by atoms with Crippen molar-refractivity contribution in [2.45, 2.75) is 19.1 Å². The van der Waals surface area contributed by atoms with Gasteiger partial charge in [0.25, 0.3) is 5.91 Å². The standard InChI is InChI=1S/C14H17NO5/c1-9-3-5-10(6-4-9)15-7-8-20-12(13(15)17)11(16)14(18)19-2/h3-6,11-12,16H,7-8H2,1-2H3. The van der Waals surface area contributed by atoms with E-state index in [4.69, 9.17) is 4.74 Å². The van der Waals surface area contributed by atoms with Crippen LogP contribution >= 0.6 is 0 Å². The van der Waals surface area contributed by atoms with Crippen LogP contribution in [0.5, 0.6) is 0 Å². The molecule has 1 aromatic rings. The summed E-state index contributed by atoms with van der Waals surface area (Å²) in [6.07, 6.45) is -2.83. The SMILES string of the molecule is COC(=O)C(O)C1OCCN(c2ccc(C)cc2)C1=O. The van der Waals surface area contributed by atoms with Crippen LogP contribution < -0.4 is 4.90 Å². The number of ether oxygens (including phenoxy) is 2. The van der Waals surface area contributed by atoms with Crippen molar-refractivity contribution >= 4 is 17.6 Å². The lowest BCUT2D eigenvalue weighted by molar-refractivity contribution is -0.166. The number of esters is 1. The van der Waals surface area contributed by atoms with Crippen LogP contribution in [0.4, 0.5) is 5.69 Å². The number of nitrogens with zero attached hydrogens (tertiary/aromatic N) is 1. The number of benzene rings is 1. The minimum absolute atomic E-state index is 0.248. The van der Waals surface area contributed by atoms with Crippen LogP contribution in [-0.2, 0) is 19.1 Å². The second-order valence-corrected chi connectivity index (χ2v) is 4.58. The number of aliphatic hydroxyl groups is 1. The molecular formula is C14H17NO5. The van der Waals surface area contributed by atoms with Gasteiger partial charge in [-0.1, -0.05) is 17.7 Å². The Bertz CT molecular complexity index is 499. The predicted molar refractivity (Wildman–Crippen MR) is 71.3 cm³/mol. The van der Waals surface area contributed by atoms with Gasteiger partial charge in [-0.15, -0.1) is 0 Å². The number of rotatable bonds is 3. The number of anilines is 1. The van der Waals surface area contributed by atoms with Gasteiger partial charge in [-0.2, -0.15) is 0 Å². The number of morpholine rings is 1. The first-order valence-corrected chi connectivity index (χ1v) is 6.30. The molecule has 20 heavy (non-hydrogen) atoms. The zero-order valence-corrected chi connectivity index (χ0v) is 11.4. The Morgan fingerprint density at radius 3 is 2.70 bits per heavy atom. The molecule has 0 aromatic heterocycles. The third-order valence-electron chi connectivity index (χ3n) is 3.20. The van der Waals surface area contributed by atoms with E-state index in [2.05, 4.69) is 4.74 Å². The quantitative estimate of drug-likeness (QED) is 0.803. The molecule has 0 radical (unpaired) electrons. The van der Waals surface area contributed by atoms with E-state index >= 15 is 0 Å². The zero-order valence-electron chi connectivity index (χ0n) is 11.4. The molecule has 1 heterocycles. The summed E-state index contributed by atoms with van der Waals surface area (Å²) in [4.78, 5) is 25.1. The van der Waals surface area contributed by atoms with Gasteiger partial charge >= 0.3 is 5.97 Å². The lowest BCUT2D eigenvalue weighted by atomic mass is 10.1. The second-order valence-electron chi connectivity index (χ2n) is 4.58. The lowest BCUT2D eigenvalue weighted by Gasteiger charge is -2.33. The molecule has 2 rings (SSSR count). The summed E-state index contributed by atoms with van der Waals surface area (Å²) < 4.78 is 9.64. The van der Waals surface area contributed by atoms with Gasteiger partial charge in [0, 0.05) is 12.2 Å². The first kappa shape index (κ1) is 14.5. The first-order chi connectivity index (χ1) is 9.54. The van der Waals surface area contributed by atoms with Gasteiger partial charge in [0.1, 0.15) is 0 Å². The van der Waals surface area contributed by atoms with Crippen LogP contribution in [0, 0.1) is 6.92 Å². The molecule has 0 aliphatic carbocycles. The van der Waals surface area contributed by atoms with Crippen molar-refractivity contribution in [1.82, 2.24) is 0 Å². The van der Waals surface area contributed by atoms with Gasteiger partial charge in [0.15, 0.2) is 12.2 Å². The van der Waals surface area contributed by atoms with Crippen molar-refractivity contribution in [2.75, 3.05) is 25.2 Å². The molecule has 1 fully saturated rings. The number of hydrogen-bond acceptors (Lipinski definition) is 5. The molecule has 6 nitrogen and oxygen atoms in total. The van der Waals surface area contributed by atoms with Crippen molar-refractivity contribution in [2.24, 2.45) is 0 Å². The van der Waals surface area contributed by atoms with Crippen LogP contribution in [0.1, 0.15) is 5.56 Å². The molecule has 0 bridgehead atoms. The van der Waals surface area contributed by atoms with E-state index < -0.39 is 24.1 Å². The highest BCUT2D eigenvalue weighted by molar-refractivity contribution is 6.00. The summed E-state index contributed by atoms with van der Waals surface area (Å²) in [7, 11) is 1.15. The lowest BCUT2D eigenvalue weighted by Crippen LogP contribution is -2.54. The van der Waals surface area contributed by atoms with Crippen molar-refractivity contribution < 1.29 is 24.2 Å². The molecule has 108 valence electrons. The Balaban J connectivity index is 2.18. The summed E-state index contributed by atoms with van der Waals surface area (Å²) in [5, 5.41) is 9.77. The fourth-order valence-corrected chi connectivity index (χ4v) is 2.06. The molecule has 2 atom stereocenters. The summed E-state index contributed by atoms with van der Waals surface area (Å²) in [6.45, 7) is 2.58. The Hall–Kier alpha value is -1.92. The predicted octanol–water partition coefficient (Wildman–Crippen LogP) is 0.261. The summed E-state index contributed by atoms with van der Waals surface area (Å²) in [5.41, 5.74) is 1.80. The minimum atomic E-state index is -1.61. The Labute approximate surface area is 116 Å². The topological polar surface area (TPSA) is 76.1 Å². The fraction of sp³-hybridized carbons (Fsp3) is 0.429. The van der Waals surface area contributed by atoms with Gasteiger partial charge in [-0.3, -0.25) is 4.79 Å². The number of methoxy groups -OCH3 is 1. The maximum absolute atomic E-state index is 12.3. The highest BCUT2D eigenvalue weighted by Gasteiger charge is 2.39. The van der Waals surface area contributed by atoms with Crippen molar-refractivity contribution in [1.29, 1.82) is 0 Å². The van der Waals surface area contributed by atoms with E-state index in [1.807, 2.05) is 31.2 Å². The molecule has 2 unspecified atom stereocenters. The third kappa shape index (κ3) is 2.81. The number of aryl methyl sites for hydroxylation is 1. The van der Waals surface area contributed by atoms with Gasteiger partial charge < -0.3 is 19.5 Å². The number of aliphatic hydroxyl groups excluding tert-OH is 1. The van der Waals surface area contributed by atoms with Crippen LogP contribution in [0.3, 0.4) is 0 Å². The normalized spacial score (nSPS) is 20.6. The van der Waals surface area contributed by atoms with Gasteiger partial charge in [-0.25, -0.2) is 4.79 Å². The molecule has 1 N–H and O–H groups in total. The van der Waals surface area contributed by atoms with E-state index in [1.165, 1.54) is 4.90 Å². The van der Waals surface area contributed by atoms with E-state index in [0.717, 1.165) is 12.7 Å². The molecule has 1 aromatic carbocycles. The monoisotopic (exact) mass is 279 g/mol. The van der Waals surface area contributed by atoms with Crippen LogP contribution in [0.2, 0.25) is 0 Å². The van der Waals surface area contributed by atoms with E-state index in [0.29, 0.717) is 12.2 Å². The molecule has 1 aliphatic heterocycles. The Morgan fingerprint density at radius 1 is 1.45 bits per heavy atom. The highest BCUT2D eigenvalue weighted by atomic mass is 16.6. The maximum atomic E-state index is 12.3. The van der Waals surface area contributed by atoms with E-state index in [1.54, 1.807) is 0 Å². The molecule has 1 saturated heterocycles. The van der Waals surface area contributed by atoms with E-state index in [9.17, 15) is 14.7 Å². The highest BCUT2D eigenvalue weighted by Crippen LogP contribution is 2.21. The molecule has 1 amide bonds. The number of hydrogen-bond donors (Lipinski definition) is 1. The molecule has 0 saturated carbocycles. The number of carbonyl (C=O) groups excluding carboxylic acids is 2. The van der Waals surface area contributed by atoms with Crippen molar-refractivity contribution in [3.05, 3.63) is 29.8 Å². The molecule has 0 spiro atoms. The fourth-order valence-electron chi connectivity index (χ4n) is 2.06. The smallest absolute Gasteiger partial charge is 0.338 e. The summed E-state index contributed by atoms with van der Waals surface area (Å²) in [5.74, 6) is -1.33. The Morgan fingerprint density at radius 2 is 2.10 bits per heavy atom. The molecule has 6 heteroatoms. The average Bonchev–Trinajstić information content (AvgIpc) is 2.47. The van der Waals surface area contributed by atoms with Crippen LogP contribution in [0.25, 0.3) is 0 Å². The van der Waals surface area contributed by atoms with Crippen molar-refractivity contribution in [3.63, 3.8) is 0 Å². The van der Waals surface area contributed by atoms with Gasteiger partial charge in [0.05, 0.1) is 13.7 Å². The van der Waals surface area contributed by atoms with E-state index in [-0.39, 0.29) is 6.61 Å². The maximum Gasteiger partial charge on any atom is 0.338 e. The van der Waals surface area contributed by atoms with Gasteiger partial charge in [0.2, 0.25) is 0 Å². The third-order valence-corrected chi connectivity index (χ3v) is 3.20. The van der Waals surface area contributed by atoms with Crippen LogP contribution in [0.15, 0.2) is 24.3 Å². The van der Waals surface area contributed by atoms with Crippen LogP contribution in [-0.4, -0.2) is 49.5 Å². The Kier molecular flexibility index (Phi) is 4.36. The number of amides is 1. The molecular weight excluding hydrogens is 262 g/mol. The second kappa shape index (κ2) is 6.02. The van der Waals surface area contributed by atoms with Gasteiger partial charge in [-0.05, 0) is 19.1 Å². The number of carbonyl (C=O) groups is 2. The molecule has 1 aliphatic rings. The largest absolute Gasteiger partial charge is 0.467 e. The average molecular weight is 279 g/mol. The summed E-state index contributed by atoms with van der Waals surface area (Å²) in [6, 6.07) is 7.42. The summed E-state index contributed by atoms with van der Waals surface area (Å²) >= 11 is 0. The zero-order chi connectivity index (χ0) is 14.7. The van der Waals surface area contributed by atoms with Crippen molar-refractivity contribution in [3.8, 4) is 0 Å². The first-order valence-electron chi connectivity index (χ1n) is 6.30.